The number of carbonyl (C=O) groups is 1. The predicted molar refractivity (Wildman–Crippen MR) is 68.3 cm³/mol. The van der Waals surface area contributed by atoms with Crippen molar-refractivity contribution in [1.29, 1.82) is 0 Å². The predicted octanol–water partition coefficient (Wildman–Crippen LogP) is 1.95. The second-order valence-corrected chi connectivity index (χ2v) is 4.59. The van der Waals surface area contributed by atoms with Crippen LogP contribution in [-0.4, -0.2) is 27.7 Å². The van der Waals surface area contributed by atoms with Gasteiger partial charge in [-0.3, -0.25) is 4.79 Å². The summed E-state index contributed by atoms with van der Waals surface area (Å²) in [6.07, 6.45) is 4.25. The van der Waals surface area contributed by atoms with E-state index in [2.05, 4.69) is 9.97 Å². The minimum Gasteiger partial charge on any atom is -0.493 e. The van der Waals surface area contributed by atoms with E-state index in [1.165, 1.54) is 0 Å². The molecule has 5 heteroatoms. The first-order valence-corrected chi connectivity index (χ1v) is 6.21. The van der Waals surface area contributed by atoms with Gasteiger partial charge in [-0.25, -0.2) is 4.98 Å². The Labute approximate surface area is 110 Å². The van der Waals surface area contributed by atoms with Gasteiger partial charge in [-0.1, -0.05) is 12.1 Å². The van der Waals surface area contributed by atoms with Crippen molar-refractivity contribution < 1.29 is 14.6 Å². The lowest BCUT2D eigenvalue weighted by atomic mass is 9.93. The van der Waals surface area contributed by atoms with E-state index in [4.69, 9.17) is 9.84 Å². The monoisotopic (exact) mass is 258 g/mol. The number of benzene rings is 1. The van der Waals surface area contributed by atoms with Crippen LogP contribution in [0.25, 0.3) is 0 Å². The third kappa shape index (κ3) is 2.31. The van der Waals surface area contributed by atoms with Gasteiger partial charge in [0.05, 0.1) is 18.9 Å². The molecular formula is C14H14N2O3. The van der Waals surface area contributed by atoms with Gasteiger partial charge >= 0.3 is 5.97 Å². The molecule has 98 valence electrons. The molecule has 1 aromatic heterocycles. The highest BCUT2D eigenvalue weighted by Gasteiger charge is 2.22. The van der Waals surface area contributed by atoms with E-state index in [-0.39, 0.29) is 12.3 Å². The molecular weight excluding hydrogens is 244 g/mol. The Morgan fingerprint density at radius 1 is 1.53 bits per heavy atom. The number of hydrogen-bond acceptors (Lipinski definition) is 3. The number of rotatable bonds is 4. The van der Waals surface area contributed by atoms with Crippen molar-refractivity contribution in [3.05, 3.63) is 47.5 Å². The maximum absolute atomic E-state index is 11.0. The number of aromatic nitrogens is 2. The van der Waals surface area contributed by atoms with Gasteiger partial charge < -0.3 is 14.8 Å². The maximum atomic E-state index is 11.0. The van der Waals surface area contributed by atoms with Crippen LogP contribution in [0.5, 0.6) is 5.75 Å². The van der Waals surface area contributed by atoms with Gasteiger partial charge in [0.1, 0.15) is 11.6 Å². The van der Waals surface area contributed by atoms with Crippen LogP contribution in [0.4, 0.5) is 0 Å². The first-order valence-electron chi connectivity index (χ1n) is 6.21. The van der Waals surface area contributed by atoms with Crippen LogP contribution in [-0.2, 0) is 11.2 Å². The Morgan fingerprint density at radius 2 is 2.42 bits per heavy atom. The summed E-state index contributed by atoms with van der Waals surface area (Å²) < 4.78 is 5.47. The zero-order chi connectivity index (χ0) is 13.2. The van der Waals surface area contributed by atoms with Crippen molar-refractivity contribution >= 4 is 5.97 Å². The maximum Gasteiger partial charge on any atom is 0.304 e. The number of nitrogens with one attached hydrogen (secondary N) is 1. The molecule has 2 aromatic rings. The zero-order valence-corrected chi connectivity index (χ0v) is 10.3. The summed E-state index contributed by atoms with van der Waals surface area (Å²) in [6.45, 7) is 0.698. The minimum atomic E-state index is -0.835. The molecule has 1 unspecified atom stereocenters. The molecule has 1 atom stereocenters. The van der Waals surface area contributed by atoms with Gasteiger partial charge in [-0.05, 0) is 17.2 Å². The molecule has 19 heavy (non-hydrogen) atoms. The lowest BCUT2D eigenvalue weighted by molar-refractivity contribution is -0.137. The molecule has 0 saturated carbocycles. The average Bonchev–Trinajstić information content (AvgIpc) is 3.06. The third-order valence-corrected chi connectivity index (χ3v) is 3.34. The van der Waals surface area contributed by atoms with Crippen LogP contribution in [0, 0.1) is 0 Å². The fraction of sp³-hybridized carbons (Fsp3) is 0.286. The van der Waals surface area contributed by atoms with Gasteiger partial charge in [0.25, 0.3) is 0 Å². The molecule has 0 fully saturated rings. The highest BCUT2D eigenvalue weighted by Crippen LogP contribution is 2.32. The summed E-state index contributed by atoms with van der Waals surface area (Å²) in [7, 11) is 0. The Bertz CT molecular complexity index is 593. The molecule has 0 spiro atoms. The molecule has 2 N–H and O–H groups in total. The highest BCUT2D eigenvalue weighted by atomic mass is 16.5. The third-order valence-electron chi connectivity index (χ3n) is 3.34. The second-order valence-electron chi connectivity index (χ2n) is 4.59. The van der Waals surface area contributed by atoms with E-state index in [0.29, 0.717) is 12.4 Å². The van der Waals surface area contributed by atoms with E-state index in [1.54, 1.807) is 12.4 Å². The fourth-order valence-corrected chi connectivity index (χ4v) is 2.44. The van der Waals surface area contributed by atoms with E-state index in [1.807, 2.05) is 18.2 Å². The molecule has 0 saturated heterocycles. The second kappa shape index (κ2) is 4.76. The number of imidazole rings is 1. The van der Waals surface area contributed by atoms with Gasteiger partial charge in [-0.2, -0.15) is 0 Å². The summed E-state index contributed by atoms with van der Waals surface area (Å²) in [5.41, 5.74) is 2.10. The summed E-state index contributed by atoms with van der Waals surface area (Å²) in [5.74, 6) is 0.495. The molecule has 5 nitrogen and oxygen atoms in total. The molecule has 0 amide bonds. The standard InChI is InChI=1S/C14H14N2O3/c17-13(18)8-11(14-15-4-5-16-14)9-1-2-12-10(7-9)3-6-19-12/h1-2,4-5,7,11H,3,6,8H2,(H,15,16)(H,17,18). The van der Waals surface area contributed by atoms with Gasteiger partial charge in [0, 0.05) is 18.8 Å². The van der Waals surface area contributed by atoms with Crippen LogP contribution in [0.15, 0.2) is 30.6 Å². The molecule has 0 aliphatic carbocycles. The van der Waals surface area contributed by atoms with Crippen molar-refractivity contribution in [1.82, 2.24) is 9.97 Å². The molecule has 1 aliphatic rings. The molecule has 2 heterocycles. The number of H-pyrrole nitrogens is 1. The number of nitrogens with zero attached hydrogens (tertiary/aromatic N) is 1. The molecule has 0 radical (unpaired) electrons. The number of ether oxygens (including phenoxy) is 1. The fourth-order valence-electron chi connectivity index (χ4n) is 2.44. The highest BCUT2D eigenvalue weighted by molar-refractivity contribution is 5.68. The summed E-state index contributed by atoms with van der Waals surface area (Å²) >= 11 is 0. The van der Waals surface area contributed by atoms with Gasteiger partial charge in [-0.15, -0.1) is 0 Å². The summed E-state index contributed by atoms with van der Waals surface area (Å²) in [4.78, 5) is 18.2. The molecule has 1 aromatic carbocycles. The summed E-state index contributed by atoms with van der Waals surface area (Å²) in [5, 5.41) is 9.07. The van der Waals surface area contributed by atoms with Crippen LogP contribution < -0.4 is 4.74 Å². The Morgan fingerprint density at radius 3 is 3.16 bits per heavy atom. The number of aliphatic carboxylic acids is 1. The topological polar surface area (TPSA) is 75.2 Å². The van der Waals surface area contributed by atoms with E-state index >= 15 is 0 Å². The van der Waals surface area contributed by atoms with E-state index < -0.39 is 5.97 Å². The van der Waals surface area contributed by atoms with Gasteiger partial charge in [0.2, 0.25) is 0 Å². The molecule has 3 rings (SSSR count). The molecule has 1 aliphatic heterocycles. The summed E-state index contributed by atoms with van der Waals surface area (Å²) in [6, 6.07) is 5.86. The lowest BCUT2D eigenvalue weighted by Gasteiger charge is -2.14. The van der Waals surface area contributed by atoms with E-state index in [9.17, 15) is 4.79 Å². The SMILES string of the molecule is O=C(O)CC(c1ccc2c(c1)CCO2)c1ncc[nH]1. The first-order chi connectivity index (χ1) is 9.24. The molecule has 0 bridgehead atoms. The number of carboxylic acids is 1. The zero-order valence-electron chi connectivity index (χ0n) is 10.3. The smallest absolute Gasteiger partial charge is 0.304 e. The van der Waals surface area contributed by atoms with Crippen molar-refractivity contribution in [3.63, 3.8) is 0 Å². The van der Waals surface area contributed by atoms with Crippen LogP contribution in [0.3, 0.4) is 0 Å². The lowest BCUT2D eigenvalue weighted by Crippen LogP contribution is -2.09. The Kier molecular flexibility index (Phi) is 2.95. The number of aromatic amines is 1. The Balaban J connectivity index is 1.97. The minimum absolute atomic E-state index is 0.0210. The van der Waals surface area contributed by atoms with Crippen molar-refractivity contribution in [2.75, 3.05) is 6.61 Å². The van der Waals surface area contributed by atoms with Crippen molar-refractivity contribution in [3.8, 4) is 5.75 Å². The first kappa shape index (κ1) is 11.8. The van der Waals surface area contributed by atoms with Crippen molar-refractivity contribution in [2.24, 2.45) is 0 Å². The quantitative estimate of drug-likeness (QED) is 0.879. The number of carboxylic acid groups (broad SMARTS) is 1. The van der Waals surface area contributed by atoms with Crippen LogP contribution >= 0.6 is 0 Å². The van der Waals surface area contributed by atoms with Gasteiger partial charge in [0.15, 0.2) is 0 Å². The van der Waals surface area contributed by atoms with Crippen LogP contribution in [0.2, 0.25) is 0 Å². The number of fused-ring (bicyclic) bond motifs is 1. The van der Waals surface area contributed by atoms with Crippen LogP contribution in [0.1, 0.15) is 29.3 Å². The van der Waals surface area contributed by atoms with Crippen molar-refractivity contribution in [2.45, 2.75) is 18.8 Å². The van der Waals surface area contributed by atoms with E-state index in [0.717, 1.165) is 23.3 Å². The largest absolute Gasteiger partial charge is 0.493 e. The Hall–Kier alpha value is -2.30. The normalized spacial score (nSPS) is 14.7. The average molecular weight is 258 g/mol. The number of hydrogen-bond donors (Lipinski definition) is 2.